The van der Waals surface area contributed by atoms with Gasteiger partial charge >= 0.3 is 0 Å². The highest BCUT2D eigenvalue weighted by Gasteiger charge is 2.44. The van der Waals surface area contributed by atoms with Crippen LogP contribution in [0.1, 0.15) is 28.5 Å². The molecule has 0 N–H and O–H groups in total. The highest BCUT2D eigenvalue weighted by molar-refractivity contribution is 7.19. The molecule has 4 aromatic rings. The molecule has 1 aromatic heterocycles. The number of rotatable bonds is 0. The van der Waals surface area contributed by atoms with Crippen LogP contribution in [0.2, 0.25) is 0 Å². The zero-order valence-corrected chi connectivity index (χ0v) is 15.7. The molecule has 0 radical (unpaired) electrons. The summed E-state index contributed by atoms with van der Waals surface area (Å²) in [5, 5.41) is 1.18. The van der Waals surface area contributed by atoms with E-state index in [-0.39, 0.29) is 0 Å². The second-order valence-corrected chi connectivity index (χ2v) is 8.75. The van der Waals surface area contributed by atoms with Crippen molar-refractivity contribution < 1.29 is 4.39 Å². The molecule has 6 rings (SSSR count). The minimum atomic E-state index is -1.36. The van der Waals surface area contributed by atoms with Gasteiger partial charge < -0.3 is 0 Å². The molecule has 0 fully saturated rings. The lowest BCUT2D eigenvalue weighted by atomic mass is 9.87. The van der Waals surface area contributed by atoms with E-state index in [0.29, 0.717) is 6.42 Å². The van der Waals surface area contributed by atoms with E-state index in [4.69, 9.17) is 0 Å². The quantitative estimate of drug-likeness (QED) is 0.273. The molecule has 1 atom stereocenters. The van der Waals surface area contributed by atoms with Crippen molar-refractivity contribution in [1.82, 2.24) is 0 Å². The monoisotopic (exact) mass is 368 g/mol. The molecule has 0 aliphatic heterocycles. The SMILES string of the molecule is C[C@]1(F)Cc2sc3ccccc3c2C1=C1c2ccccc2-c2ccccc21. The van der Waals surface area contributed by atoms with Gasteiger partial charge in [-0.1, -0.05) is 66.7 Å². The average Bonchev–Trinajstić information content (AvgIpc) is 3.26. The van der Waals surface area contributed by atoms with Crippen molar-refractivity contribution in [2.45, 2.75) is 19.0 Å². The molecule has 2 aliphatic carbocycles. The Hall–Kier alpha value is -2.71. The summed E-state index contributed by atoms with van der Waals surface area (Å²) in [5.74, 6) is 0. The molecule has 1 heterocycles. The molecule has 3 aromatic carbocycles. The van der Waals surface area contributed by atoms with Gasteiger partial charge in [0, 0.05) is 32.5 Å². The molecular formula is C25H17FS. The Bertz CT molecular complexity index is 1220. The molecule has 0 saturated heterocycles. The lowest BCUT2D eigenvalue weighted by Gasteiger charge is -2.20. The van der Waals surface area contributed by atoms with Crippen molar-refractivity contribution in [3.63, 3.8) is 0 Å². The van der Waals surface area contributed by atoms with E-state index in [2.05, 4.69) is 72.8 Å². The van der Waals surface area contributed by atoms with E-state index in [0.717, 1.165) is 27.8 Å². The second-order valence-electron chi connectivity index (χ2n) is 7.61. The van der Waals surface area contributed by atoms with Crippen LogP contribution in [0.5, 0.6) is 0 Å². The van der Waals surface area contributed by atoms with Crippen molar-refractivity contribution in [1.29, 1.82) is 0 Å². The van der Waals surface area contributed by atoms with Gasteiger partial charge in [-0.2, -0.15) is 0 Å². The number of fused-ring (bicyclic) bond motifs is 6. The third-order valence-electron chi connectivity index (χ3n) is 5.87. The summed E-state index contributed by atoms with van der Waals surface area (Å²) in [6.45, 7) is 1.75. The van der Waals surface area contributed by atoms with E-state index >= 15 is 4.39 Å². The molecule has 2 heteroatoms. The number of thiophene rings is 1. The third-order valence-corrected chi connectivity index (χ3v) is 7.04. The summed E-state index contributed by atoms with van der Waals surface area (Å²) in [5.41, 5.74) is 6.44. The molecule has 0 saturated carbocycles. The molecule has 27 heavy (non-hydrogen) atoms. The Morgan fingerprint density at radius 3 is 2.00 bits per heavy atom. The summed E-state index contributed by atoms with van der Waals surface area (Å²) in [4.78, 5) is 1.17. The smallest absolute Gasteiger partial charge is 0.139 e. The van der Waals surface area contributed by atoms with Gasteiger partial charge in [0.1, 0.15) is 5.67 Å². The first kappa shape index (κ1) is 15.4. The van der Waals surface area contributed by atoms with Crippen molar-refractivity contribution >= 4 is 32.6 Å². The number of alkyl halides is 1. The zero-order valence-electron chi connectivity index (χ0n) is 14.9. The van der Waals surface area contributed by atoms with Gasteiger partial charge in [0.15, 0.2) is 0 Å². The Morgan fingerprint density at radius 1 is 0.778 bits per heavy atom. The second kappa shape index (κ2) is 5.17. The van der Waals surface area contributed by atoms with Crippen LogP contribution in [-0.2, 0) is 6.42 Å². The topological polar surface area (TPSA) is 0 Å². The zero-order chi connectivity index (χ0) is 18.2. The highest BCUT2D eigenvalue weighted by Crippen LogP contribution is 2.57. The molecule has 0 nitrogen and oxygen atoms in total. The fourth-order valence-electron chi connectivity index (χ4n) is 4.82. The predicted molar refractivity (Wildman–Crippen MR) is 113 cm³/mol. The van der Waals surface area contributed by atoms with E-state index < -0.39 is 5.67 Å². The van der Waals surface area contributed by atoms with Crippen LogP contribution in [0.3, 0.4) is 0 Å². The maximum Gasteiger partial charge on any atom is 0.139 e. The van der Waals surface area contributed by atoms with Gasteiger partial charge in [0.05, 0.1) is 0 Å². The largest absolute Gasteiger partial charge is 0.239 e. The summed E-state index contributed by atoms with van der Waals surface area (Å²) < 4.78 is 17.3. The average molecular weight is 368 g/mol. The molecule has 0 amide bonds. The van der Waals surface area contributed by atoms with E-state index in [1.165, 1.54) is 26.1 Å². The molecule has 0 unspecified atom stereocenters. The maximum atomic E-state index is 16.0. The Morgan fingerprint density at radius 2 is 1.33 bits per heavy atom. The summed E-state index contributed by atoms with van der Waals surface area (Å²) in [6, 6.07) is 25.2. The van der Waals surface area contributed by atoms with Gasteiger partial charge in [-0.15, -0.1) is 11.3 Å². The summed E-state index contributed by atoms with van der Waals surface area (Å²) in [6.07, 6.45) is 0.463. The first-order valence-electron chi connectivity index (χ1n) is 9.29. The van der Waals surface area contributed by atoms with Crippen LogP contribution in [-0.4, -0.2) is 5.67 Å². The normalized spacial score (nSPS) is 20.1. The number of halogens is 1. The number of allylic oxidation sites excluding steroid dienone is 1. The van der Waals surface area contributed by atoms with Gasteiger partial charge in [-0.25, -0.2) is 4.39 Å². The summed E-state index contributed by atoms with van der Waals surface area (Å²) in [7, 11) is 0. The van der Waals surface area contributed by atoms with Gasteiger partial charge in [-0.05, 0) is 40.8 Å². The molecular weight excluding hydrogens is 351 g/mol. The highest BCUT2D eigenvalue weighted by atomic mass is 32.1. The van der Waals surface area contributed by atoms with Crippen molar-refractivity contribution in [3.8, 4) is 11.1 Å². The number of benzene rings is 3. The van der Waals surface area contributed by atoms with Crippen LogP contribution >= 0.6 is 11.3 Å². The number of hydrogen-bond donors (Lipinski definition) is 0. The van der Waals surface area contributed by atoms with Crippen LogP contribution in [0.4, 0.5) is 4.39 Å². The Labute approximate surface area is 161 Å². The first-order chi connectivity index (χ1) is 13.1. The molecule has 0 bridgehead atoms. The van der Waals surface area contributed by atoms with E-state index in [1.807, 2.05) is 0 Å². The maximum absolute atomic E-state index is 16.0. The van der Waals surface area contributed by atoms with Gasteiger partial charge in [0.2, 0.25) is 0 Å². The molecule has 130 valence electrons. The Kier molecular flexibility index (Phi) is 2.94. The first-order valence-corrected chi connectivity index (χ1v) is 10.1. The molecule has 2 aliphatic rings. The van der Waals surface area contributed by atoms with E-state index in [1.54, 1.807) is 18.3 Å². The van der Waals surface area contributed by atoms with Crippen LogP contribution in [0, 0.1) is 0 Å². The van der Waals surface area contributed by atoms with Crippen molar-refractivity contribution in [2.24, 2.45) is 0 Å². The fraction of sp³-hybridized carbons (Fsp3) is 0.120. The van der Waals surface area contributed by atoms with Crippen molar-refractivity contribution in [2.75, 3.05) is 0 Å². The predicted octanol–water partition coefficient (Wildman–Crippen LogP) is 7.13. The lowest BCUT2D eigenvalue weighted by Crippen LogP contribution is -2.18. The summed E-state index contributed by atoms with van der Waals surface area (Å²) >= 11 is 1.74. The van der Waals surface area contributed by atoms with Gasteiger partial charge in [-0.3, -0.25) is 0 Å². The van der Waals surface area contributed by atoms with Crippen molar-refractivity contribution in [3.05, 3.63) is 94.4 Å². The standard InChI is InChI=1S/C25H17FS/c1-25(26)14-21-23(19-12-6-7-13-20(19)27-21)24(25)22-17-10-4-2-8-15(17)16-9-3-5-11-18(16)22/h2-13H,14H2,1H3/t25-/m0/s1. The number of hydrogen-bond acceptors (Lipinski definition) is 1. The third kappa shape index (κ3) is 1.97. The molecule has 0 spiro atoms. The van der Waals surface area contributed by atoms with Gasteiger partial charge in [0.25, 0.3) is 0 Å². The minimum absolute atomic E-state index is 0.463. The van der Waals surface area contributed by atoms with E-state index in [9.17, 15) is 0 Å². The fourth-order valence-corrected chi connectivity index (χ4v) is 6.17. The Balaban J connectivity index is 1.80. The minimum Gasteiger partial charge on any atom is -0.239 e. The lowest BCUT2D eigenvalue weighted by molar-refractivity contribution is 0.281. The van der Waals surface area contributed by atoms with Crippen LogP contribution in [0.25, 0.3) is 32.4 Å². The van der Waals surface area contributed by atoms with Crippen LogP contribution in [0.15, 0.2) is 72.8 Å². The van der Waals surface area contributed by atoms with Crippen LogP contribution < -0.4 is 0 Å².